The van der Waals surface area contributed by atoms with Crippen molar-refractivity contribution in [3.63, 3.8) is 0 Å². The van der Waals surface area contributed by atoms with Crippen LogP contribution >= 0.6 is 0 Å². The largest absolute Gasteiger partial charge is 0.332 e. The van der Waals surface area contributed by atoms with Crippen LogP contribution in [0.3, 0.4) is 0 Å². The molecule has 4 nitrogen and oxygen atoms in total. The molecule has 1 N–H and O–H groups in total. The van der Waals surface area contributed by atoms with Crippen molar-refractivity contribution in [3.8, 4) is 11.1 Å². The maximum absolute atomic E-state index is 13.8. The first-order valence-electron chi connectivity index (χ1n) is 5.67. The second kappa shape index (κ2) is 4.20. The number of fused-ring (bicyclic) bond motifs is 1. The number of hydrogen-bond donors (Lipinski definition) is 1. The first kappa shape index (κ1) is 11.4. The lowest BCUT2D eigenvalue weighted by Crippen LogP contribution is -2.27. The first-order valence-corrected chi connectivity index (χ1v) is 5.67. The molecule has 3 aromatic rings. The molecule has 2 aromatic heterocycles. The summed E-state index contributed by atoms with van der Waals surface area (Å²) in [5.74, 6) is -0.502. The van der Waals surface area contributed by atoms with Crippen LogP contribution in [0.1, 0.15) is 0 Å². The fraction of sp³-hybridized carbons (Fsp3) is 0. The van der Waals surface area contributed by atoms with Gasteiger partial charge in [0.1, 0.15) is 5.82 Å². The third-order valence-corrected chi connectivity index (χ3v) is 2.93. The SMILES string of the molecule is O=c1[nH]c(=O)n2ccccc2c1-c1ccccc1F. The van der Waals surface area contributed by atoms with E-state index in [1.165, 1.54) is 22.7 Å². The normalized spacial score (nSPS) is 10.8. The summed E-state index contributed by atoms with van der Waals surface area (Å²) in [5.41, 5.74) is -0.436. The van der Waals surface area contributed by atoms with Gasteiger partial charge in [-0.1, -0.05) is 24.3 Å². The monoisotopic (exact) mass is 256 g/mol. The number of nitrogens with one attached hydrogen (secondary N) is 1. The van der Waals surface area contributed by atoms with Crippen LogP contribution in [-0.2, 0) is 0 Å². The Kier molecular flexibility index (Phi) is 2.52. The maximum atomic E-state index is 13.8. The zero-order valence-electron chi connectivity index (χ0n) is 9.76. The summed E-state index contributed by atoms with van der Waals surface area (Å²) in [6, 6.07) is 10.9. The van der Waals surface area contributed by atoms with Crippen molar-refractivity contribution in [2.75, 3.05) is 0 Å². The van der Waals surface area contributed by atoms with Crippen molar-refractivity contribution in [1.29, 1.82) is 0 Å². The number of hydrogen-bond acceptors (Lipinski definition) is 2. The molecule has 1 aromatic carbocycles. The molecule has 0 aliphatic rings. The minimum atomic E-state index is -0.596. The van der Waals surface area contributed by atoms with Gasteiger partial charge in [-0.2, -0.15) is 0 Å². The molecule has 0 aliphatic carbocycles. The lowest BCUT2D eigenvalue weighted by molar-refractivity contribution is 0.631. The van der Waals surface area contributed by atoms with Crippen molar-refractivity contribution in [2.45, 2.75) is 0 Å². The van der Waals surface area contributed by atoms with E-state index in [1.807, 2.05) is 0 Å². The summed E-state index contributed by atoms with van der Waals surface area (Å²) >= 11 is 0. The zero-order chi connectivity index (χ0) is 13.4. The van der Waals surface area contributed by atoms with E-state index in [9.17, 15) is 14.0 Å². The summed E-state index contributed by atoms with van der Waals surface area (Å²) in [6.45, 7) is 0. The molecule has 0 aliphatic heterocycles. The van der Waals surface area contributed by atoms with Gasteiger partial charge in [-0.3, -0.25) is 14.2 Å². The molecule has 0 spiro atoms. The van der Waals surface area contributed by atoms with Crippen LogP contribution < -0.4 is 11.2 Å². The molecule has 3 rings (SSSR count). The van der Waals surface area contributed by atoms with Crippen LogP contribution in [-0.4, -0.2) is 9.38 Å². The van der Waals surface area contributed by atoms with Gasteiger partial charge >= 0.3 is 5.69 Å². The van der Waals surface area contributed by atoms with E-state index in [0.717, 1.165) is 0 Å². The Hall–Kier alpha value is -2.69. The third kappa shape index (κ3) is 1.76. The molecule has 2 heterocycles. The predicted octanol–water partition coefficient (Wildman–Crippen LogP) is 1.79. The molecule has 94 valence electrons. The second-order valence-electron chi connectivity index (χ2n) is 4.07. The van der Waals surface area contributed by atoms with Crippen LogP contribution in [0.2, 0.25) is 0 Å². The third-order valence-electron chi connectivity index (χ3n) is 2.93. The fourth-order valence-corrected chi connectivity index (χ4v) is 2.08. The highest BCUT2D eigenvalue weighted by Gasteiger charge is 2.13. The molecule has 0 unspecified atom stereocenters. The van der Waals surface area contributed by atoms with Crippen molar-refractivity contribution in [2.24, 2.45) is 0 Å². The molecule has 0 atom stereocenters. The molecule has 5 heteroatoms. The highest BCUT2D eigenvalue weighted by Crippen LogP contribution is 2.22. The number of benzene rings is 1. The quantitative estimate of drug-likeness (QED) is 0.721. The van der Waals surface area contributed by atoms with Gasteiger partial charge in [0.2, 0.25) is 0 Å². The molecule has 0 radical (unpaired) electrons. The topological polar surface area (TPSA) is 54.3 Å². The predicted molar refractivity (Wildman–Crippen MR) is 69.7 cm³/mol. The number of aromatic amines is 1. The number of aromatic nitrogens is 2. The van der Waals surface area contributed by atoms with Crippen LogP contribution in [0.15, 0.2) is 58.3 Å². The van der Waals surface area contributed by atoms with Gasteiger partial charge in [0, 0.05) is 11.8 Å². The molecule has 0 fully saturated rings. The van der Waals surface area contributed by atoms with Crippen LogP contribution in [0.25, 0.3) is 16.6 Å². The Labute approximate surface area is 106 Å². The summed E-state index contributed by atoms with van der Waals surface area (Å²) in [5, 5.41) is 0. The lowest BCUT2D eigenvalue weighted by atomic mass is 10.1. The van der Waals surface area contributed by atoms with Crippen molar-refractivity contribution < 1.29 is 4.39 Å². The number of H-pyrrole nitrogens is 1. The molecule has 19 heavy (non-hydrogen) atoms. The van der Waals surface area contributed by atoms with E-state index in [4.69, 9.17) is 0 Å². The Bertz CT molecular complexity index is 880. The summed E-state index contributed by atoms with van der Waals surface area (Å²) in [7, 11) is 0. The number of rotatable bonds is 1. The average molecular weight is 256 g/mol. The van der Waals surface area contributed by atoms with E-state index in [-0.39, 0.29) is 11.1 Å². The van der Waals surface area contributed by atoms with Gasteiger partial charge < -0.3 is 0 Å². The Balaban J connectivity index is 2.52. The van der Waals surface area contributed by atoms with Gasteiger partial charge in [0.05, 0.1) is 11.1 Å². The van der Waals surface area contributed by atoms with Crippen LogP contribution in [0.5, 0.6) is 0 Å². The highest BCUT2D eigenvalue weighted by atomic mass is 19.1. The summed E-state index contributed by atoms with van der Waals surface area (Å²) in [4.78, 5) is 25.8. The lowest BCUT2D eigenvalue weighted by Gasteiger charge is -2.07. The maximum Gasteiger partial charge on any atom is 0.332 e. The summed E-state index contributed by atoms with van der Waals surface area (Å²) < 4.78 is 15.1. The Morgan fingerprint density at radius 2 is 1.74 bits per heavy atom. The van der Waals surface area contributed by atoms with Gasteiger partial charge in [-0.15, -0.1) is 0 Å². The standard InChI is InChI=1S/C14H9FN2O2/c15-10-6-2-1-5-9(10)12-11-7-3-4-8-17(11)14(19)16-13(12)18/h1-8H,(H,16,18,19). The van der Waals surface area contributed by atoms with Crippen molar-refractivity contribution in [3.05, 3.63) is 75.3 Å². The van der Waals surface area contributed by atoms with E-state index < -0.39 is 17.1 Å². The smallest absolute Gasteiger partial charge is 0.273 e. The van der Waals surface area contributed by atoms with Gasteiger partial charge in [0.25, 0.3) is 5.56 Å². The highest BCUT2D eigenvalue weighted by molar-refractivity contribution is 5.79. The van der Waals surface area contributed by atoms with Crippen LogP contribution in [0, 0.1) is 5.82 Å². The summed E-state index contributed by atoms with van der Waals surface area (Å²) in [6.07, 6.45) is 1.53. The Morgan fingerprint density at radius 1 is 1.00 bits per heavy atom. The number of halogens is 1. The van der Waals surface area contributed by atoms with E-state index in [1.54, 1.807) is 30.3 Å². The minimum absolute atomic E-state index is 0.151. The van der Waals surface area contributed by atoms with Crippen LogP contribution in [0.4, 0.5) is 4.39 Å². The molecule has 0 saturated carbocycles. The van der Waals surface area contributed by atoms with E-state index in [2.05, 4.69) is 4.98 Å². The molecular weight excluding hydrogens is 247 g/mol. The van der Waals surface area contributed by atoms with Gasteiger partial charge in [-0.25, -0.2) is 9.18 Å². The van der Waals surface area contributed by atoms with Gasteiger partial charge in [0.15, 0.2) is 0 Å². The van der Waals surface area contributed by atoms with Gasteiger partial charge in [-0.05, 0) is 18.2 Å². The first-order chi connectivity index (χ1) is 9.18. The molecule has 0 saturated heterocycles. The number of nitrogens with zero attached hydrogens (tertiary/aromatic N) is 1. The van der Waals surface area contributed by atoms with E-state index in [0.29, 0.717) is 5.52 Å². The molecular formula is C14H9FN2O2. The zero-order valence-corrected chi connectivity index (χ0v) is 9.76. The molecule has 0 bridgehead atoms. The number of pyridine rings is 1. The minimum Gasteiger partial charge on any atom is -0.273 e. The second-order valence-corrected chi connectivity index (χ2v) is 4.07. The van der Waals surface area contributed by atoms with E-state index >= 15 is 0 Å². The Morgan fingerprint density at radius 3 is 2.53 bits per heavy atom. The van der Waals surface area contributed by atoms with Crippen molar-refractivity contribution >= 4 is 5.52 Å². The van der Waals surface area contributed by atoms with Crippen molar-refractivity contribution in [1.82, 2.24) is 9.38 Å². The molecule has 0 amide bonds. The fourth-order valence-electron chi connectivity index (χ4n) is 2.08. The average Bonchev–Trinajstić information content (AvgIpc) is 2.41.